The predicted molar refractivity (Wildman–Crippen MR) is 106 cm³/mol. The number of nitro benzene ring substituents is 1. The Kier molecular flexibility index (Phi) is 5.88. The van der Waals surface area contributed by atoms with Crippen LogP contribution in [0.4, 0.5) is 17.1 Å². The number of nitrogens with one attached hydrogen (secondary N) is 2. The van der Waals surface area contributed by atoms with Gasteiger partial charge in [0.05, 0.1) is 10.8 Å². The van der Waals surface area contributed by atoms with Crippen LogP contribution in [0, 0.1) is 23.0 Å². The molecule has 2 aromatic carbocycles. The standard InChI is InChI=1S/C20H22N4O4/c1-14-2-6-17(7-3-14)23-13-15(12-19(23)25)20(26)22-11-10-21-16-4-8-18(9-5-16)24(27)28/h2-9,15,21H,10-13H2,1H3,(H,22,26)/t15-/m0/s1. The molecule has 28 heavy (non-hydrogen) atoms. The normalized spacial score (nSPS) is 16.1. The van der Waals surface area contributed by atoms with Gasteiger partial charge in [-0.2, -0.15) is 0 Å². The number of non-ortho nitro benzene ring substituents is 1. The van der Waals surface area contributed by atoms with Crippen molar-refractivity contribution in [2.24, 2.45) is 5.92 Å². The van der Waals surface area contributed by atoms with Crippen molar-refractivity contribution in [1.29, 1.82) is 0 Å². The van der Waals surface area contributed by atoms with Crippen LogP contribution in [0.2, 0.25) is 0 Å². The Bertz CT molecular complexity index is 865. The Balaban J connectivity index is 1.44. The molecular formula is C20H22N4O4. The number of hydrogen-bond acceptors (Lipinski definition) is 5. The molecule has 0 aliphatic carbocycles. The highest BCUT2D eigenvalue weighted by Crippen LogP contribution is 2.25. The molecule has 0 aromatic heterocycles. The fourth-order valence-electron chi connectivity index (χ4n) is 3.10. The molecule has 0 spiro atoms. The van der Waals surface area contributed by atoms with Crippen molar-refractivity contribution >= 4 is 28.9 Å². The number of nitrogens with zero attached hydrogens (tertiary/aromatic N) is 2. The average molecular weight is 382 g/mol. The van der Waals surface area contributed by atoms with E-state index in [2.05, 4.69) is 10.6 Å². The first-order valence-electron chi connectivity index (χ1n) is 9.07. The number of carbonyl (C=O) groups excluding carboxylic acids is 2. The van der Waals surface area contributed by atoms with Crippen molar-refractivity contribution in [3.05, 3.63) is 64.2 Å². The van der Waals surface area contributed by atoms with Gasteiger partial charge < -0.3 is 15.5 Å². The van der Waals surface area contributed by atoms with Crippen LogP contribution < -0.4 is 15.5 Å². The van der Waals surface area contributed by atoms with E-state index in [0.717, 1.165) is 16.9 Å². The Morgan fingerprint density at radius 3 is 2.46 bits per heavy atom. The topological polar surface area (TPSA) is 105 Å². The second kappa shape index (κ2) is 8.51. The first kappa shape index (κ1) is 19.3. The van der Waals surface area contributed by atoms with Crippen molar-refractivity contribution in [3.8, 4) is 0 Å². The molecule has 0 radical (unpaired) electrons. The van der Waals surface area contributed by atoms with Crippen LogP contribution in [-0.4, -0.2) is 36.4 Å². The van der Waals surface area contributed by atoms with E-state index in [-0.39, 0.29) is 29.8 Å². The molecule has 1 aliphatic heterocycles. The number of rotatable bonds is 7. The maximum Gasteiger partial charge on any atom is 0.269 e. The molecule has 8 heteroatoms. The maximum absolute atomic E-state index is 12.4. The summed E-state index contributed by atoms with van der Waals surface area (Å²) in [4.78, 5) is 36.4. The molecule has 1 atom stereocenters. The van der Waals surface area contributed by atoms with Crippen LogP contribution >= 0.6 is 0 Å². The third kappa shape index (κ3) is 4.64. The molecule has 2 aromatic rings. The van der Waals surface area contributed by atoms with Crippen LogP contribution in [0.25, 0.3) is 0 Å². The summed E-state index contributed by atoms with van der Waals surface area (Å²) < 4.78 is 0. The molecule has 1 heterocycles. The Morgan fingerprint density at radius 1 is 1.14 bits per heavy atom. The van der Waals surface area contributed by atoms with Gasteiger partial charge in [0, 0.05) is 49.6 Å². The number of nitro groups is 1. The van der Waals surface area contributed by atoms with Gasteiger partial charge in [-0.3, -0.25) is 19.7 Å². The minimum absolute atomic E-state index is 0.0304. The third-order valence-electron chi connectivity index (χ3n) is 4.67. The quantitative estimate of drug-likeness (QED) is 0.435. The van der Waals surface area contributed by atoms with E-state index in [0.29, 0.717) is 19.6 Å². The molecule has 1 aliphatic rings. The van der Waals surface area contributed by atoms with E-state index < -0.39 is 4.92 Å². The molecule has 1 saturated heterocycles. The summed E-state index contributed by atoms with van der Waals surface area (Å²) in [6, 6.07) is 13.8. The van der Waals surface area contributed by atoms with Crippen LogP contribution in [0.1, 0.15) is 12.0 Å². The lowest BCUT2D eigenvalue weighted by Gasteiger charge is -2.17. The lowest BCUT2D eigenvalue weighted by atomic mass is 10.1. The van der Waals surface area contributed by atoms with E-state index in [1.807, 2.05) is 31.2 Å². The van der Waals surface area contributed by atoms with Gasteiger partial charge in [-0.15, -0.1) is 0 Å². The predicted octanol–water partition coefficient (Wildman–Crippen LogP) is 2.48. The van der Waals surface area contributed by atoms with Gasteiger partial charge in [0.25, 0.3) is 5.69 Å². The zero-order valence-electron chi connectivity index (χ0n) is 15.6. The molecule has 0 unspecified atom stereocenters. The summed E-state index contributed by atoms with van der Waals surface area (Å²) in [5, 5.41) is 16.6. The minimum atomic E-state index is -0.452. The van der Waals surface area contributed by atoms with Gasteiger partial charge in [-0.25, -0.2) is 0 Å². The van der Waals surface area contributed by atoms with Crippen molar-refractivity contribution < 1.29 is 14.5 Å². The first-order valence-corrected chi connectivity index (χ1v) is 9.07. The van der Waals surface area contributed by atoms with Crippen molar-refractivity contribution in [2.45, 2.75) is 13.3 Å². The zero-order chi connectivity index (χ0) is 20.1. The molecule has 2 N–H and O–H groups in total. The number of benzene rings is 2. The van der Waals surface area contributed by atoms with Crippen LogP contribution in [0.3, 0.4) is 0 Å². The van der Waals surface area contributed by atoms with Gasteiger partial charge in [0.15, 0.2) is 0 Å². The highest BCUT2D eigenvalue weighted by molar-refractivity contribution is 6.00. The highest BCUT2D eigenvalue weighted by Gasteiger charge is 2.34. The number of anilines is 2. The van der Waals surface area contributed by atoms with Crippen LogP contribution in [0.15, 0.2) is 48.5 Å². The summed E-state index contributed by atoms with van der Waals surface area (Å²) in [5.41, 5.74) is 2.69. The molecule has 3 rings (SSSR count). The van der Waals surface area contributed by atoms with Gasteiger partial charge in [0.2, 0.25) is 11.8 Å². The smallest absolute Gasteiger partial charge is 0.269 e. The first-order chi connectivity index (χ1) is 13.4. The lowest BCUT2D eigenvalue weighted by Crippen LogP contribution is -2.35. The summed E-state index contributed by atoms with van der Waals surface area (Å²) in [5.74, 6) is -0.561. The monoisotopic (exact) mass is 382 g/mol. The molecule has 0 bridgehead atoms. The Labute approximate surface area is 162 Å². The van der Waals surface area contributed by atoms with E-state index >= 15 is 0 Å². The van der Waals surface area contributed by atoms with Gasteiger partial charge in [0.1, 0.15) is 0 Å². The molecule has 146 valence electrons. The summed E-state index contributed by atoms with van der Waals surface area (Å²) in [6.07, 6.45) is 0.204. The van der Waals surface area contributed by atoms with Gasteiger partial charge in [-0.05, 0) is 31.2 Å². The maximum atomic E-state index is 12.4. The molecule has 8 nitrogen and oxygen atoms in total. The highest BCUT2D eigenvalue weighted by atomic mass is 16.6. The number of hydrogen-bond donors (Lipinski definition) is 2. The fraction of sp³-hybridized carbons (Fsp3) is 0.300. The Hall–Kier alpha value is -3.42. The minimum Gasteiger partial charge on any atom is -0.383 e. The van der Waals surface area contributed by atoms with Gasteiger partial charge >= 0.3 is 0 Å². The molecular weight excluding hydrogens is 360 g/mol. The van der Waals surface area contributed by atoms with E-state index in [9.17, 15) is 19.7 Å². The lowest BCUT2D eigenvalue weighted by molar-refractivity contribution is -0.384. The summed E-state index contributed by atoms with van der Waals surface area (Å²) in [7, 11) is 0. The molecule has 2 amide bonds. The summed E-state index contributed by atoms with van der Waals surface area (Å²) in [6.45, 7) is 3.23. The Morgan fingerprint density at radius 2 is 1.82 bits per heavy atom. The zero-order valence-corrected chi connectivity index (χ0v) is 15.6. The summed E-state index contributed by atoms with van der Waals surface area (Å²) >= 11 is 0. The average Bonchev–Trinajstić information content (AvgIpc) is 3.08. The van der Waals surface area contributed by atoms with Crippen molar-refractivity contribution in [3.63, 3.8) is 0 Å². The molecule has 1 fully saturated rings. The number of aryl methyl sites for hydroxylation is 1. The second-order valence-electron chi connectivity index (χ2n) is 6.76. The largest absolute Gasteiger partial charge is 0.383 e. The fourth-order valence-corrected chi connectivity index (χ4v) is 3.10. The van der Waals surface area contributed by atoms with E-state index in [1.165, 1.54) is 12.1 Å². The van der Waals surface area contributed by atoms with Crippen molar-refractivity contribution in [1.82, 2.24) is 5.32 Å². The number of amides is 2. The van der Waals surface area contributed by atoms with Gasteiger partial charge in [-0.1, -0.05) is 17.7 Å². The third-order valence-corrected chi connectivity index (χ3v) is 4.67. The number of carbonyl (C=O) groups is 2. The van der Waals surface area contributed by atoms with E-state index in [4.69, 9.17) is 0 Å². The second-order valence-corrected chi connectivity index (χ2v) is 6.76. The van der Waals surface area contributed by atoms with E-state index in [1.54, 1.807) is 17.0 Å². The van der Waals surface area contributed by atoms with Crippen LogP contribution in [0.5, 0.6) is 0 Å². The SMILES string of the molecule is Cc1ccc(N2C[C@@H](C(=O)NCCNc3ccc([N+](=O)[O-])cc3)CC2=O)cc1. The van der Waals surface area contributed by atoms with Crippen LogP contribution in [-0.2, 0) is 9.59 Å². The van der Waals surface area contributed by atoms with Crippen molar-refractivity contribution in [2.75, 3.05) is 29.9 Å². The molecule has 0 saturated carbocycles.